The van der Waals surface area contributed by atoms with Gasteiger partial charge in [0.15, 0.2) is 0 Å². The number of rotatable bonds is 7. The molecular weight excluding hydrogens is 384 g/mol. The molecule has 0 saturated carbocycles. The van der Waals surface area contributed by atoms with Crippen molar-refractivity contribution in [2.24, 2.45) is 10.1 Å². The van der Waals surface area contributed by atoms with E-state index in [1.165, 1.54) is 18.2 Å². The van der Waals surface area contributed by atoms with E-state index in [2.05, 4.69) is 30.9 Å². The normalized spacial score (nSPS) is 15.9. The molecule has 29 heavy (non-hydrogen) atoms. The summed E-state index contributed by atoms with van der Waals surface area (Å²) in [7, 11) is 0. The molecule has 1 aliphatic rings. The molecule has 3 N–H and O–H groups in total. The highest BCUT2D eigenvalue weighted by atomic mass is 19.3. The van der Waals surface area contributed by atoms with Crippen LogP contribution in [0, 0.1) is 0 Å². The maximum atomic E-state index is 12.4. The molecule has 0 radical (unpaired) electrons. The van der Waals surface area contributed by atoms with Crippen LogP contribution in [0.4, 0.5) is 14.5 Å². The number of ether oxygens (including phenoxy) is 1. The summed E-state index contributed by atoms with van der Waals surface area (Å²) in [5, 5.41) is 8.90. The minimum atomic E-state index is -3.02. The standard InChI is InChI=1S/C19H17F2N5O3/c20-18(21)29-15-9-5-4-8-13(15)23-16(27)10-14-17(28)25-19(24-14)26-22-11-12-6-2-1-3-7-12/h1-9,11,14,18H,10H2,(H,23,27)(H2,24,25,26,28). The topological polar surface area (TPSA) is 104 Å². The van der Waals surface area contributed by atoms with Gasteiger partial charge < -0.3 is 10.1 Å². The summed E-state index contributed by atoms with van der Waals surface area (Å²) in [6, 6.07) is 14.1. The third kappa shape index (κ3) is 5.83. The second kappa shape index (κ2) is 9.40. The molecule has 0 aromatic heterocycles. The third-order valence-electron chi connectivity index (χ3n) is 3.77. The smallest absolute Gasteiger partial charge is 0.387 e. The maximum Gasteiger partial charge on any atom is 0.387 e. The number of amides is 2. The van der Waals surface area contributed by atoms with Crippen molar-refractivity contribution in [2.75, 3.05) is 5.32 Å². The molecule has 0 fully saturated rings. The predicted octanol–water partition coefficient (Wildman–Crippen LogP) is 2.09. The molecule has 2 aromatic carbocycles. The fraction of sp³-hybridized carbons (Fsp3) is 0.158. The van der Waals surface area contributed by atoms with Crippen LogP contribution in [0.2, 0.25) is 0 Å². The highest BCUT2D eigenvalue weighted by Gasteiger charge is 2.28. The Balaban J connectivity index is 1.56. The van der Waals surface area contributed by atoms with Crippen molar-refractivity contribution in [1.82, 2.24) is 10.7 Å². The lowest BCUT2D eigenvalue weighted by atomic mass is 10.2. The first-order chi connectivity index (χ1) is 14.0. The molecule has 8 nitrogen and oxygen atoms in total. The Morgan fingerprint density at radius 2 is 1.93 bits per heavy atom. The number of hydrogen-bond donors (Lipinski definition) is 3. The van der Waals surface area contributed by atoms with Crippen LogP contribution >= 0.6 is 0 Å². The van der Waals surface area contributed by atoms with Crippen LogP contribution in [0.1, 0.15) is 12.0 Å². The quantitative estimate of drug-likeness (QED) is 0.488. The van der Waals surface area contributed by atoms with Crippen LogP contribution in [0.15, 0.2) is 64.7 Å². The van der Waals surface area contributed by atoms with E-state index in [4.69, 9.17) is 0 Å². The first-order valence-electron chi connectivity index (χ1n) is 8.58. The van der Waals surface area contributed by atoms with E-state index < -0.39 is 24.5 Å². The zero-order valence-electron chi connectivity index (χ0n) is 15.0. The summed E-state index contributed by atoms with van der Waals surface area (Å²) < 4.78 is 29.2. The van der Waals surface area contributed by atoms with Crippen LogP contribution in [-0.2, 0) is 9.59 Å². The number of nitrogens with one attached hydrogen (secondary N) is 3. The molecule has 0 saturated heterocycles. The number of carbonyl (C=O) groups excluding carboxylic acids is 2. The number of guanidine groups is 1. The highest BCUT2D eigenvalue weighted by Crippen LogP contribution is 2.25. The van der Waals surface area contributed by atoms with Gasteiger partial charge in [-0.1, -0.05) is 42.5 Å². The van der Waals surface area contributed by atoms with Gasteiger partial charge in [-0.05, 0) is 17.7 Å². The van der Waals surface area contributed by atoms with Gasteiger partial charge >= 0.3 is 6.61 Å². The van der Waals surface area contributed by atoms with E-state index in [1.54, 1.807) is 12.3 Å². The summed E-state index contributed by atoms with van der Waals surface area (Å²) in [4.78, 5) is 28.3. The van der Waals surface area contributed by atoms with E-state index in [0.717, 1.165) is 5.56 Å². The van der Waals surface area contributed by atoms with Gasteiger partial charge in [-0.15, -0.1) is 0 Å². The van der Waals surface area contributed by atoms with Crippen LogP contribution in [0.5, 0.6) is 5.75 Å². The van der Waals surface area contributed by atoms with Crippen LogP contribution in [0.3, 0.4) is 0 Å². The number of halogens is 2. The minimum absolute atomic E-state index is 0.0750. The molecule has 1 atom stereocenters. The number of hydrogen-bond acceptors (Lipinski definition) is 6. The molecule has 0 spiro atoms. The molecule has 3 rings (SSSR count). The first-order valence-corrected chi connectivity index (χ1v) is 8.58. The molecule has 1 aliphatic heterocycles. The fourth-order valence-corrected chi connectivity index (χ4v) is 2.49. The lowest BCUT2D eigenvalue weighted by Crippen LogP contribution is -2.35. The first kappa shape index (κ1) is 19.9. The van der Waals surface area contributed by atoms with Gasteiger partial charge in [0, 0.05) is 0 Å². The lowest BCUT2D eigenvalue weighted by Gasteiger charge is -2.12. The summed E-state index contributed by atoms with van der Waals surface area (Å²) >= 11 is 0. The van der Waals surface area contributed by atoms with Crippen LogP contribution in [-0.4, -0.2) is 36.6 Å². The zero-order chi connectivity index (χ0) is 20.6. The number of nitrogens with zero attached hydrogens (tertiary/aromatic N) is 2. The van der Waals surface area contributed by atoms with Crippen molar-refractivity contribution in [3.63, 3.8) is 0 Å². The van der Waals surface area contributed by atoms with Gasteiger partial charge in [0.1, 0.15) is 11.8 Å². The number of aliphatic imine (C=N–C) groups is 1. The van der Waals surface area contributed by atoms with Crippen LogP contribution < -0.4 is 20.8 Å². The number of hydrazone groups is 1. The highest BCUT2D eigenvalue weighted by molar-refractivity contribution is 6.07. The Labute approximate surface area is 164 Å². The Bertz CT molecular complexity index is 934. The van der Waals surface area contributed by atoms with Crippen molar-refractivity contribution in [3.05, 3.63) is 60.2 Å². The monoisotopic (exact) mass is 401 g/mol. The average molecular weight is 401 g/mol. The zero-order valence-corrected chi connectivity index (χ0v) is 15.0. The SMILES string of the molecule is O=C(CC1N=C(NN=Cc2ccccc2)NC1=O)Nc1ccccc1OC(F)F. The Kier molecular flexibility index (Phi) is 6.46. The van der Waals surface area contributed by atoms with Crippen LogP contribution in [0.25, 0.3) is 0 Å². The maximum absolute atomic E-state index is 12.4. The van der Waals surface area contributed by atoms with Crippen molar-refractivity contribution in [1.29, 1.82) is 0 Å². The number of carbonyl (C=O) groups is 2. The second-order valence-corrected chi connectivity index (χ2v) is 5.89. The van der Waals surface area contributed by atoms with Crippen molar-refractivity contribution in [3.8, 4) is 5.75 Å². The van der Waals surface area contributed by atoms with Crippen molar-refractivity contribution < 1.29 is 23.1 Å². The summed E-state index contributed by atoms with van der Waals surface area (Å²) in [5.41, 5.74) is 3.52. The number of para-hydroxylation sites is 2. The molecule has 10 heteroatoms. The van der Waals surface area contributed by atoms with Gasteiger partial charge in [-0.3, -0.25) is 14.9 Å². The number of anilines is 1. The molecule has 1 unspecified atom stereocenters. The molecule has 0 bridgehead atoms. The Morgan fingerprint density at radius 1 is 1.21 bits per heavy atom. The Hall–Kier alpha value is -3.82. The predicted molar refractivity (Wildman–Crippen MR) is 103 cm³/mol. The molecule has 1 heterocycles. The van der Waals surface area contributed by atoms with E-state index in [-0.39, 0.29) is 23.8 Å². The lowest BCUT2D eigenvalue weighted by molar-refractivity contribution is -0.123. The molecule has 2 aromatic rings. The van der Waals surface area contributed by atoms with Crippen molar-refractivity contribution in [2.45, 2.75) is 19.1 Å². The number of alkyl halides is 2. The largest absolute Gasteiger partial charge is 0.433 e. The van der Waals surface area contributed by atoms with E-state index in [0.29, 0.717) is 0 Å². The molecule has 2 amide bonds. The number of benzene rings is 2. The van der Waals surface area contributed by atoms with Gasteiger partial charge in [0.25, 0.3) is 5.91 Å². The molecular formula is C19H17F2N5O3. The second-order valence-electron chi connectivity index (χ2n) is 5.89. The van der Waals surface area contributed by atoms with Gasteiger partial charge in [-0.25, -0.2) is 10.4 Å². The van der Waals surface area contributed by atoms with Crippen molar-refractivity contribution >= 4 is 29.7 Å². The Morgan fingerprint density at radius 3 is 2.69 bits per heavy atom. The van der Waals surface area contributed by atoms with E-state index in [9.17, 15) is 18.4 Å². The summed E-state index contributed by atoms with van der Waals surface area (Å²) in [6.45, 7) is -3.02. The van der Waals surface area contributed by atoms with Gasteiger partial charge in [-0.2, -0.15) is 13.9 Å². The minimum Gasteiger partial charge on any atom is -0.433 e. The summed E-state index contributed by atoms with van der Waals surface area (Å²) in [5.74, 6) is -1.11. The third-order valence-corrected chi connectivity index (χ3v) is 3.77. The van der Waals surface area contributed by atoms with Gasteiger partial charge in [0.05, 0.1) is 18.3 Å². The van der Waals surface area contributed by atoms with E-state index in [1.807, 2.05) is 30.3 Å². The van der Waals surface area contributed by atoms with Gasteiger partial charge in [0.2, 0.25) is 11.9 Å². The fourth-order valence-electron chi connectivity index (χ4n) is 2.49. The van der Waals surface area contributed by atoms with E-state index >= 15 is 0 Å². The summed E-state index contributed by atoms with van der Waals surface area (Å²) in [6.07, 6.45) is 1.27. The molecule has 0 aliphatic carbocycles. The molecule has 150 valence electrons. The average Bonchev–Trinajstić information content (AvgIpc) is 3.03.